The summed E-state index contributed by atoms with van der Waals surface area (Å²) in [5.41, 5.74) is 2.42. The Balaban J connectivity index is 1.62. The van der Waals surface area contributed by atoms with Crippen LogP contribution in [0.5, 0.6) is 5.75 Å². The van der Waals surface area contributed by atoms with Gasteiger partial charge in [0.1, 0.15) is 5.75 Å². The number of carbonyl (C=O) groups is 2. The Labute approximate surface area is 159 Å². The van der Waals surface area contributed by atoms with E-state index in [1.165, 1.54) is 5.56 Å². The summed E-state index contributed by atoms with van der Waals surface area (Å²) in [5, 5.41) is 5.49. The van der Waals surface area contributed by atoms with E-state index in [2.05, 4.69) is 21.6 Å². The number of nitrogens with zero attached hydrogens (tertiary/aromatic N) is 1. The maximum atomic E-state index is 12.5. The lowest BCUT2D eigenvalue weighted by molar-refractivity contribution is -0.117. The van der Waals surface area contributed by atoms with E-state index in [0.717, 1.165) is 25.1 Å². The standard InChI is InChI=1S/C21H25N3O3/c1-22-21(26)15-8-10-17(11-9-15)23-20(25)14-24-12-4-7-19(24)16-5-3-6-18(13-16)27-2/h3,5-6,8-11,13,19H,4,7,12,14H2,1-2H3,(H,22,26)(H,23,25). The van der Waals surface area contributed by atoms with E-state index in [9.17, 15) is 9.59 Å². The molecule has 2 N–H and O–H groups in total. The number of benzene rings is 2. The van der Waals surface area contributed by atoms with Crippen LogP contribution in [0.15, 0.2) is 48.5 Å². The second-order valence-electron chi connectivity index (χ2n) is 6.61. The van der Waals surface area contributed by atoms with Crippen LogP contribution in [0.1, 0.15) is 34.8 Å². The molecule has 1 aliphatic heterocycles. The molecule has 0 saturated carbocycles. The molecule has 2 amide bonds. The van der Waals surface area contributed by atoms with Crippen molar-refractivity contribution in [2.24, 2.45) is 0 Å². The maximum absolute atomic E-state index is 12.5. The highest BCUT2D eigenvalue weighted by Crippen LogP contribution is 2.33. The average molecular weight is 367 g/mol. The van der Waals surface area contributed by atoms with E-state index in [-0.39, 0.29) is 17.9 Å². The number of ether oxygens (including phenoxy) is 1. The Kier molecular flexibility index (Phi) is 6.08. The van der Waals surface area contributed by atoms with Gasteiger partial charge in [-0.05, 0) is 61.3 Å². The van der Waals surface area contributed by atoms with Gasteiger partial charge in [-0.1, -0.05) is 12.1 Å². The molecule has 3 rings (SSSR count). The molecule has 0 aromatic heterocycles. The van der Waals surface area contributed by atoms with Crippen molar-refractivity contribution >= 4 is 17.5 Å². The fourth-order valence-corrected chi connectivity index (χ4v) is 3.48. The number of rotatable bonds is 6. The fraction of sp³-hybridized carbons (Fsp3) is 0.333. The number of methoxy groups -OCH3 is 1. The van der Waals surface area contributed by atoms with E-state index >= 15 is 0 Å². The van der Waals surface area contributed by atoms with Gasteiger partial charge in [0.2, 0.25) is 5.91 Å². The van der Waals surface area contributed by atoms with E-state index in [1.807, 2.05) is 18.2 Å². The number of amides is 2. The molecule has 0 radical (unpaired) electrons. The Bertz CT molecular complexity index is 805. The summed E-state index contributed by atoms with van der Waals surface area (Å²) in [6.45, 7) is 1.23. The molecule has 6 nitrogen and oxygen atoms in total. The molecule has 6 heteroatoms. The van der Waals surface area contributed by atoms with Crippen molar-refractivity contribution in [2.75, 3.05) is 32.6 Å². The highest BCUT2D eigenvalue weighted by atomic mass is 16.5. The Morgan fingerprint density at radius 1 is 1.19 bits per heavy atom. The second-order valence-corrected chi connectivity index (χ2v) is 6.61. The van der Waals surface area contributed by atoms with Gasteiger partial charge in [0.25, 0.3) is 5.91 Å². The van der Waals surface area contributed by atoms with Crippen LogP contribution < -0.4 is 15.4 Å². The quantitative estimate of drug-likeness (QED) is 0.824. The van der Waals surface area contributed by atoms with Gasteiger partial charge in [0.15, 0.2) is 0 Å². The number of anilines is 1. The van der Waals surface area contributed by atoms with Crippen LogP contribution >= 0.6 is 0 Å². The normalized spacial score (nSPS) is 16.7. The molecule has 1 aliphatic rings. The van der Waals surface area contributed by atoms with Crippen LogP contribution in [0.4, 0.5) is 5.69 Å². The molecular formula is C21H25N3O3. The number of hydrogen-bond acceptors (Lipinski definition) is 4. The maximum Gasteiger partial charge on any atom is 0.251 e. The number of hydrogen-bond donors (Lipinski definition) is 2. The molecule has 1 fully saturated rings. The van der Waals surface area contributed by atoms with Crippen LogP contribution in [0.3, 0.4) is 0 Å². The largest absolute Gasteiger partial charge is 0.497 e. The lowest BCUT2D eigenvalue weighted by Crippen LogP contribution is -2.33. The molecule has 1 atom stereocenters. The van der Waals surface area contributed by atoms with Gasteiger partial charge >= 0.3 is 0 Å². The van der Waals surface area contributed by atoms with Gasteiger partial charge in [-0.15, -0.1) is 0 Å². The van der Waals surface area contributed by atoms with Crippen molar-refractivity contribution < 1.29 is 14.3 Å². The minimum atomic E-state index is -0.147. The van der Waals surface area contributed by atoms with Gasteiger partial charge < -0.3 is 15.4 Å². The van der Waals surface area contributed by atoms with Gasteiger partial charge in [0, 0.05) is 24.3 Å². The number of carbonyl (C=O) groups excluding carboxylic acids is 2. The minimum absolute atomic E-state index is 0.0579. The molecule has 2 aromatic rings. The van der Waals surface area contributed by atoms with Crippen molar-refractivity contribution in [3.8, 4) is 5.75 Å². The van der Waals surface area contributed by atoms with Crippen LogP contribution in [0, 0.1) is 0 Å². The molecule has 1 saturated heterocycles. The predicted octanol–water partition coefficient (Wildman–Crippen LogP) is 2.83. The Hall–Kier alpha value is -2.86. The first-order valence-corrected chi connectivity index (χ1v) is 9.10. The summed E-state index contributed by atoms with van der Waals surface area (Å²) in [6.07, 6.45) is 2.09. The highest BCUT2D eigenvalue weighted by molar-refractivity contribution is 5.96. The first-order chi connectivity index (χ1) is 13.1. The monoisotopic (exact) mass is 367 g/mol. The molecule has 1 unspecified atom stereocenters. The summed E-state index contributed by atoms with van der Waals surface area (Å²) in [7, 11) is 3.25. The molecule has 142 valence electrons. The van der Waals surface area contributed by atoms with E-state index < -0.39 is 0 Å². The third-order valence-corrected chi connectivity index (χ3v) is 4.85. The van der Waals surface area contributed by atoms with Crippen LogP contribution in [0.2, 0.25) is 0 Å². The van der Waals surface area contributed by atoms with Crippen LogP contribution in [-0.4, -0.2) is 44.0 Å². The summed E-state index contributed by atoms with van der Waals surface area (Å²) >= 11 is 0. The fourth-order valence-electron chi connectivity index (χ4n) is 3.48. The average Bonchev–Trinajstić information content (AvgIpc) is 3.16. The minimum Gasteiger partial charge on any atom is -0.497 e. The van der Waals surface area contributed by atoms with E-state index in [4.69, 9.17) is 4.74 Å². The van der Waals surface area contributed by atoms with Gasteiger partial charge in [-0.25, -0.2) is 0 Å². The van der Waals surface area contributed by atoms with Crippen molar-refractivity contribution in [2.45, 2.75) is 18.9 Å². The highest BCUT2D eigenvalue weighted by Gasteiger charge is 2.27. The lowest BCUT2D eigenvalue weighted by Gasteiger charge is -2.24. The SMILES string of the molecule is CNC(=O)c1ccc(NC(=O)CN2CCCC2c2cccc(OC)c2)cc1. The van der Waals surface area contributed by atoms with Crippen molar-refractivity contribution in [1.29, 1.82) is 0 Å². The zero-order chi connectivity index (χ0) is 19.2. The smallest absolute Gasteiger partial charge is 0.251 e. The van der Waals surface area contributed by atoms with Crippen LogP contribution in [-0.2, 0) is 4.79 Å². The van der Waals surface area contributed by atoms with Crippen molar-refractivity contribution in [3.63, 3.8) is 0 Å². The lowest BCUT2D eigenvalue weighted by atomic mass is 10.0. The molecular weight excluding hydrogens is 342 g/mol. The van der Waals surface area contributed by atoms with Crippen molar-refractivity contribution in [1.82, 2.24) is 10.2 Å². The zero-order valence-corrected chi connectivity index (χ0v) is 15.7. The van der Waals surface area contributed by atoms with Gasteiger partial charge in [-0.3, -0.25) is 14.5 Å². The summed E-state index contributed by atoms with van der Waals surface area (Å²) < 4.78 is 5.32. The predicted molar refractivity (Wildman–Crippen MR) is 105 cm³/mol. The molecule has 0 bridgehead atoms. The second kappa shape index (κ2) is 8.68. The Morgan fingerprint density at radius 2 is 1.96 bits per heavy atom. The van der Waals surface area contributed by atoms with Gasteiger partial charge in [0.05, 0.1) is 13.7 Å². The van der Waals surface area contributed by atoms with E-state index in [0.29, 0.717) is 17.8 Å². The van der Waals surface area contributed by atoms with Gasteiger partial charge in [-0.2, -0.15) is 0 Å². The summed E-state index contributed by atoms with van der Waals surface area (Å²) in [4.78, 5) is 26.3. The van der Waals surface area contributed by atoms with E-state index in [1.54, 1.807) is 38.4 Å². The summed E-state index contributed by atoms with van der Waals surface area (Å²) in [5.74, 6) is 0.628. The topological polar surface area (TPSA) is 70.7 Å². The first kappa shape index (κ1) is 18.9. The zero-order valence-electron chi connectivity index (χ0n) is 15.7. The molecule has 2 aromatic carbocycles. The third kappa shape index (κ3) is 4.65. The summed E-state index contributed by atoms with van der Waals surface area (Å²) in [6, 6.07) is 15.1. The number of nitrogens with one attached hydrogen (secondary N) is 2. The molecule has 1 heterocycles. The van der Waals surface area contributed by atoms with Crippen LogP contribution in [0.25, 0.3) is 0 Å². The first-order valence-electron chi connectivity index (χ1n) is 9.10. The molecule has 0 aliphatic carbocycles. The Morgan fingerprint density at radius 3 is 2.67 bits per heavy atom. The third-order valence-electron chi connectivity index (χ3n) is 4.85. The molecule has 0 spiro atoms. The van der Waals surface area contributed by atoms with Crippen molar-refractivity contribution in [3.05, 3.63) is 59.7 Å². The number of likely N-dealkylation sites (tertiary alicyclic amines) is 1. The molecule has 27 heavy (non-hydrogen) atoms.